The summed E-state index contributed by atoms with van der Waals surface area (Å²) in [6.07, 6.45) is 5.83. The van der Waals surface area contributed by atoms with Gasteiger partial charge in [0, 0.05) is 39.1 Å². The fourth-order valence-electron chi connectivity index (χ4n) is 2.06. The maximum absolute atomic E-state index is 10.4. The molecule has 126 valence electrons. The van der Waals surface area contributed by atoms with Crippen LogP contribution in [0.2, 0.25) is 0 Å². The van der Waals surface area contributed by atoms with Crippen molar-refractivity contribution in [3.8, 4) is 0 Å². The van der Waals surface area contributed by atoms with Gasteiger partial charge in [0.15, 0.2) is 5.96 Å². The second-order valence-corrected chi connectivity index (χ2v) is 6.14. The van der Waals surface area contributed by atoms with Crippen molar-refractivity contribution in [2.75, 3.05) is 44.9 Å². The number of ether oxygens (including phenoxy) is 1. The van der Waals surface area contributed by atoms with Gasteiger partial charge in [-0.3, -0.25) is 4.99 Å². The summed E-state index contributed by atoms with van der Waals surface area (Å²) < 4.78 is 5.28. The molecule has 5 nitrogen and oxygen atoms in total. The summed E-state index contributed by atoms with van der Waals surface area (Å²) in [5.74, 6) is 2.01. The van der Waals surface area contributed by atoms with Crippen molar-refractivity contribution in [3.63, 3.8) is 0 Å². The highest BCUT2D eigenvalue weighted by Crippen LogP contribution is 2.20. The third kappa shape index (κ3) is 9.80. The van der Waals surface area contributed by atoms with Crippen LogP contribution in [-0.4, -0.2) is 61.5 Å². The highest BCUT2D eigenvalue weighted by Gasteiger charge is 2.29. The first-order valence-corrected chi connectivity index (χ1v) is 8.91. The number of aliphatic imine (C=N–C) groups is 1. The maximum atomic E-state index is 10.4. The first-order valence-electron chi connectivity index (χ1n) is 7.51. The SMILES string of the molecule is CCNC(=NCC1(O)CCOCC1)NCCCCSC.I. The molecule has 1 saturated heterocycles. The smallest absolute Gasteiger partial charge is 0.191 e. The Balaban J connectivity index is 0.00000400. The van der Waals surface area contributed by atoms with E-state index in [0.717, 1.165) is 25.5 Å². The number of aliphatic hydroxyl groups is 1. The van der Waals surface area contributed by atoms with Crippen molar-refractivity contribution >= 4 is 41.7 Å². The zero-order chi connectivity index (χ0) is 14.7. The topological polar surface area (TPSA) is 65.9 Å². The van der Waals surface area contributed by atoms with Crippen LogP contribution in [0.5, 0.6) is 0 Å². The number of nitrogens with one attached hydrogen (secondary N) is 2. The molecule has 3 N–H and O–H groups in total. The third-order valence-corrected chi connectivity index (χ3v) is 4.06. The second-order valence-electron chi connectivity index (χ2n) is 5.16. The predicted molar refractivity (Wildman–Crippen MR) is 102 cm³/mol. The molecular formula is C14H30IN3O2S. The van der Waals surface area contributed by atoms with Gasteiger partial charge >= 0.3 is 0 Å². The first kappa shape index (κ1) is 21.3. The van der Waals surface area contributed by atoms with Gasteiger partial charge in [0.2, 0.25) is 0 Å². The quantitative estimate of drug-likeness (QED) is 0.237. The molecule has 0 bridgehead atoms. The number of nitrogens with zero attached hydrogens (tertiary/aromatic N) is 1. The average Bonchev–Trinajstić information content (AvgIpc) is 2.45. The molecule has 1 aliphatic heterocycles. The molecule has 0 saturated carbocycles. The number of guanidine groups is 1. The molecule has 21 heavy (non-hydrogen) atoms. The van der Waals surface area contributed by atoms with Crippen LogP contribution < -0.4 is 10.6 Å². The van der Waals surface area contributed by atoms with Crippen LogP contribution in [0.15, 0.2) is 4.99 Å². The van der Waals surface area contributed by atoms with Gasteiger partial charge in [-0.15, -0.1) is 24.0 Å². The molecule has 0 aromatic carbocycles. The summed E-state index contributed by atoms with van der Waals surface area (Å²) in [7, 11) is 0. The maximum Gasteiger partial charge on any atom is 0.191 e. The fraction of sp³-hybridized carbons (Fsp3) is 0.929. The highest BCUT2D eigenvalue weighted by atomic mass is 127. The van der Waals surface area contributed by atoms with Crippen molar-refractivity contribution in [1.29, 1.82) is 0 Å². The van der Waals surface area contributed by atoms with Crippen molar-refractivity contribution in [2.45, 2.75) is 38.2 Å². The number of thioether (sulfide) groups is 1. The summed E-state index contributed by atoms with van der Waals surface area (Å²) >= 11 is 1.88. The number of unbranched alkanes of at least 4 members (excludes halogenated alkanes) is 1. The van der Waals surface area contributed by atoms with Gasteiger partial charge in [0.05, 0.1) is 12.1 Å². The number of rotatable bonds is 8. The van der Waals surface area contributed by atoms with Crippen LogP contribution in [0.1, 0.15) is 32.6 Å². The van der Waals surface area contributed by atoms with Gasteiger partial charge in [0.1, 0.15) is 0 Å². The third-order valence-electron chi connectivity index (χ3n) is 3.37. The molecule has 1 fully saturated rings. The Labute approximate surface area is 150 Å². The van der Waals surface area contributed by atoms with Crippen molar-refractivity contribution in [3.05, 3.63) is 0 Å². The Bertz CT molecular complexity index is 287. The molecule has 0 aliphatic carbocycles. The lowest BCUT2D eigenvalue weighted by atomic mass is 9.95. The van der Waals surface area contributed by atoms with E-state index in [-0.39, 0.29) is 24.0 Å². The Morgan fingerprint density at radius 2 is 2.00 bits per heavy atom. The van der Waals surface area contributed by atoms with Crippen molar-refractivity contribution in [2.24, 2.45) is 4.99 Å². The van der Waals surface area contributed by atoms with E-state index in [9.17, 15) is 5.11 Å². The molecule has 0 aromatic rings. The molecule has 0 spiro atoms. The van der Waals surface area contributed by atoms with Gasteiger partial charge < -0.3 is 20.5 Å². The summed E-state index contributed by atoms with van der Waals surface area (Å²) in [5.41, 5.74) is -0.695. The Kier molecular flexibility index (Phi) is 12.9. The largest absolute Gasteiger partial charge is 0.388 e. The average molecular weight is 431 g/mol. The van der Waals surface area contributed by atoms with Crippen LogP contribution in [0.4, 0.5) is 0 Å². The first-order chi connectivity index (χ1) is 9.70. The van der Waals surface area contributed by atoms with E-state index in [1.807, 2.05) is 18.7 Å². The van der Waals surface area contributed by atoms with Crippen molar-refractivity contribution in [1.82, 2.24) is 10.6 Å². The van der Waals surface area contributed by atoms with Gasteiger partial charge in [-0.2, -0.15) is 11.8 Å². The molecule has 1 rings (SSSR count). The van der Waals surface area contributed by atoms with E-state index in [4.69, 9.17) is 4.74 Å². The van der Waals surface area contributed by atoms with Gasteiger partial charge in [-0.25, -0.2) is 0 Å². The molecular weight excluding hydrogens is 401 g/mol. The molecule has 0 unspecified atom stereocenters. The summed E-state index contributed by atoms with van der Waals surface area (Å²) in [4.78, 5) is 4.51. The van der Waals surface area contributed by atoms with Gasteiger partial charge in [0.25, 0.3) is 0 Å². The van der Waals surface area contributed by atoms with Crippen LogP contribution in [0, 0.1) is 0 Å². The molecule has 7 heteroatoms. The summed E-state index contributed by atoms with van der Waals surface area (Å²) in [6.45, 7) is 5.51. The van der Waals surface area contributed by atoms with Crippen molar-refractivity contribution < 1.29 is 9.84 Å². The Morgan fingerprint density at radius 3 is 2.62 bits per heavy atom. The minimum atomic E-state index is -0.695. The van der Waals surface area contributed by atoms with Crippen LogP contribution in [0.25, 0.3) is 0 Å². The Morgan fingerprint density at radius 1 is 1.29 bits per heavy atom. The molecule has 1 heterocycles. The Hall–Kier alpha value is 0.270. The van der Waals surface area contributed by atoms with Crippen LogP contribution in [-0.2, 0) is 4.74 Å². The van der Waals surface area contributed by atoms with E-state index in [1.54, 1.807) is 0 Å². The normalized spacial score (nSPS) is 18.0. The zero-order valence-electron chi connectivity index (χ0n) is 13.2. The molecule has 1 aliphatic rings. The number of halogens is 1. The number of hydrogen-bond acceptors (Lipinski definition) is 4. The number of hydrogen-bond donors (Lipinski definition) is 3. The van der Waals surface area contributed by atoms with E-state index in [2.05, 4.69) is 21.9 Å². The second kappa shape index (κ2) is 12.8. The van der Waals surface area contributed by atoms with E-state index >= 15 is 0 Å². The zero-order valence-corrected chi connectivity index (χ0v) is 16.3. The molecule has 0 aromatic heterocycles. The van der Waals surface area contributed by atoms with Gasteiger partial charge in [-0.05, 0) is 31.8 Å². The molecule has 0 radical (unpaired) electrons. The van der Waals surface area contributed by atoms with E-state index < -0.39 is 5.60 Å². The van der Waals surface area contributed by atoms with E-state index in [1.165, 1.54) is 12.2 Å². The summed E-state index contributed by atoms with van der Waals surface area (Å²) in [6, 6.07) is 0. The van der Waals surface area contributed by atoms with Gasteiger partial charge in [-0.1, -0.05) is 0 Å². The standard InChI is InChI=1S/C14H29N3O2S.HI/c1-3-15-13(16-8-4-5-11-20-2)17-12-14(18)6-9-19-10-7-14;/h18H,3-12H2,1-2H3,(H2,15,16,17);1H. The molecule has 0 atom stereocenters. The van der Waals surface area contributed by atoms with E-state index in [0.29, 0.717) is 32.6 Å². The predicted octanol–water partition coefficient (Wildman–Crippen LogP) is 1.84. The minimum Gasteiger partial charge on any atom is -0.388 e. The lowest BCUT2D eigenvalue weighted by molar-refractivity contribution is -0.0565. The van der Waals surface area contributed by atoms with Crippen LogP contribution >= 0.6 is 35.7 Å². The lowest BCUT2D eigenvalue weighted by Gasteiger charge is -2.30. The van der Waals surface area contributed by atoms with Crippen LogP contribution in [0.3, 0.4) is 0 Å². The fourth-order valence-corrected chi connectivity index (χ4v) is 2.55. The molecule has 0 amide bonds. The lowest BCUT2D eigenvalue weighted by Crippen LogP contribution is -2.42. The monoisotopic (exact) mass is 431 g/mol. The summed E-state index contributed by atoms with van der Waals surface area (Å²) in [5, 5.41) is 16.9. The minimum absolute atomic E-state index is 0. The highest BCUT2D eigenvalue weighted by molar-refractivity contribution is 14.0.